The highest BCUT2D eigenvalue weighted by atomic mass is 32.2. The molecule has 2 atom stereocenters. The van der Waals surface area contributed by atoms with Gasteiger partial charge in [0.25, 0.3) is 0 Å². The summed E-state index contributed by atoms with van der Waals surface area (Å²) in [6, 6.07) is 3.27. The van der Waals surface area contributed by atoms with Crippen molar-refractivity contribution in [2.24, 2.45) is 22.0 Å². The van der Waals surface area contributed by atoms with Crippen molar-refractivity contribution in [1.29, 1.82) is 0 Å². The second kappa shape index (κ2) is 14.0. The number of hydrogen-bond acceptors (Lipinski definition) is 12. The molecule has 0 radical (unpaired) electrons. The highest BCUT2D eigenvalue weighted by Crippen LogP contribution is 2.29. The standard InChI is InChI=1S/C22H32N6O4S2/c1-13(2)15(33-21-25-17(29-5)9-18(26-21)30-6)11-23-24-12-16(14(3)4)34-22-27-19(31-7)10-20(28-22)32-8/h9-16H,1-8H3. The molecule has 2 aromatic heterocycles. The van der Waals surface area contributed by atoms with Gasteiger partial charge in [-0.05, 0) is 11.8 Å². The van der Waals surface area contributed by atoms with Crippen molar-refractivity contribution in [3.8, 4) is 23.5 Å². The molecule has 2 rings (SSSR count). The zero-order chi connectivity index (χ0) is 25.1. The molecule has 186 valence electrons. The van der Waals surface area contributed by atoms with Crippen LogP contribution in [0.4, 0.5) is 0 Å². The molecule has 34 heavy (non-hydrogen) atoms. The Morgan fingerprint density at radius 1 is 0.618 bits per heavy atom. The third-order valence-corrected chi connectivity index (χ3v) is 7.11. The van der Waals surface area contributed by atoms with Crippen LogP contribution in [0.25, 0.3) is 0 Å². The van der Waals surface area contributed by atoms with Crippen LogP contribution in [-0.4, -0.2) is 71.3 Å². The van der Waals surface area contributed by atoms with E-state index in [9.17, 15) is 0 Å². The number of thioether (sulfide) groups is 2. The van der Waals surface area contributed by atoms with Crippen LogP contribution >= 0.6 is 23.5 Å². The first-order chi connectivity index (χ1) is 16.3. The molecular formula is C22H32N6O4S2. The molecule has 0 aliphatic heterocycles. The van der Waals surface area contributed by atoms with Crippen LogP contribution in [0.2, 0.25) is 0 Å². The third kappa shape index (κ3) is 8.64. The summed E-state index contributed by atoms with van der Waals surface area (Å²) >= 11 is 2.95. The first-order valence-electron chi connectivity index (χ1n) is 10.6. The fourth-order valence-electron chi connectivity index (χ4n) is 2.42. The number of rotatable bonds is 13. The molecule has 2 unspecified atom stereocenters. The normalized spacial score (nSPS) is 13.6. The van der Waals surface area contributed by atoms with Crippen LogP contribution in [0.1, 0.15) is 27.7 Å². The predicted molar refractivity (Wildman–Crippen MR) is 136 cm³/mol. The first-order valence-corrected chi connectivity index (χ1v) is 12.4. The summed E-state index contributed by atoms with van der Waals surface area (Å²) in [4.78, 5) is 17.6. The van der Waals surface area contributed by atoms with Gasteiger partial charge in [0.1, 0.15) is 0 Å². The zero-order valence-corrected chi connectivity index (χ0v) is 22.4. The number of hydrogen-bond donors (Lipinski definition) is 0. The maximum atomic E-state index is 5.23. The van der Waals surface area contributed by atoms with E-state index in [-0.39, 0.29) is 22.3 Å². The Balaban J connectivity index is 2.12. The second-order valence-corrected chi connectivity index (χ2v) is 9.94. The van der Waals surface area contributed by atoms with E-state index in [1.165, 1.54) is 23.5 Å². The number of aromatic nitrogens is 4. The van der Waals surface area contributed by atoms with Crippen molar-refractivity contribution in [2.75, 3.05) is 28.4 Å². The van der Waals surface area contributed by atoms with E-state index in [1.807, 2.05) is 0 Å². The molecule has 2 aromatic rings. The summed E-state index contributed by atoms with van der Waals surface area (Å²) in [5.41, 5.74) is 0. The van der Waals surface area contributed by atoms with Crippen molar-refractivity contribution in [2.45, 2.75) is 48.5 Å². The van der Waals surface area contributed by atoms with E-state index in [0.29, 0.717) is 33.8 Å². The van der Waals surface area contributed by atoms with Gasteiger partial charge in [0.05, 0.1) is 51.1 Å². The molecule has 0 fully saturated rings. The van der Waals surface area contributed by atoms with Gasteiger partial charge in [-0.25, -0.2) is 0 Å². The summed E-state index contributed by atoms with van der Waals surface area (Å²) in [5, 5.41) is 9.72. The molecule has 0 aliphatic carbocycles. The molecule has 0 aromatic carbocycles. The Labute approximate surface area is 209 Å². The lowest BCUT2D eigenvalue weighted by Gasteiger charge is -2.15. The smallest absolute Gasteiger partial charge is 0.220 e. The average molecular weight is 509 g/mol. The van der Waals surface area contributed by atoms with Crippen molar-refractivity contribution < 1.29 is 18.9 Å². The lowest BCUT2D eigenvalue weighted by molar-refractivity contribution is 0.364. The topological polar surface area (TPSA) is 113 Å². The molecule has 0 N–H and O–H groups in total. The lowest BCUT2D eigenvalue weighted by Crippen LogP contribution is -2.15. The number of methoxy groups -OCH3 is 4. The maximum absolute atomic E-state index is 5.23. The first kappa shape index (κ1) is 27.6. The summed E-state index contributed by atoms with van der Waals surface area (Å²) in [6.45, 7) is 8.41. The van der Waals surface area contributed by atoms with E-state index >= 15 is 0 Å². The molecule has 2 heterocycles. The van der Waals surface area contributed by atoms with Crippen LogP contribution in [0, 0.1) is 11.8 Å². The van der Waals surface area contributed by atoms with Gasteiger partial charge in [0.2, 0.25) is 23.5 Å². The minimum Gasteiger partial charge on any atom is -0.481 e. The van der Waals surface area contributed by atoms with Crippen LogP contribution in [0.3, 0.4) is 0 Å². The van der Waals surface area contributed by atoms with Gasteiger partial charge in [-0.2, -0.15) is 30.1 Å². The summed E-state index contributed by atoms with van der Waals surface area (Å²) in [5.74, 6) is 2.33. The Hall–Kier alpha value is -2.60. The van der Waals surface area contributed by atoms with Gasteiger partial charge in [-0.3, -0.25) is 0 Å². The van der Waals surface area contributed by atoms with Crippen LogP contribution in [0.5, 0.6) is 23.5 Å². The van der Waals surface area contributed by atoms with Crippen LogP contribution < -0.4 is 18.9 Å². The maximum Gasteiger partial charge on any atom is 0.220 e. The highest BCUT2D eigenvalue weighted by molar-refractivity contribution is 8.00. The van der Waals surface area contributed by atoms with Gasteiger partial charge < -0.3 is 18.9 Å². The van der Waals surface area contributed by atoms with Crippen molar-refractivity contribution in [3.63, 3.8) is 0 Å². The Morgan fingerprint density at radius 2 is 0.912 bits per heavy atom. The molecule has 0 aliphatic rings. The van der Waals surface area contributed by atoms with Gasteiger partial charge in [0, 0.05) is 12.4 Å². The Bertz CT molecular complexity index is 852. The zero-order valence-electron chi connectivity index (χ0n) is 20.8. The molecule has 0 spiro atoms. The second-order valence-electron chi connectivity index (χ2n) is 7.65. The number of nitrogens with zero attached hydrogens (tertiary/aromatic N) is 6. The highest BCUT2D eigenvalue weighted by Gasteiger charge is 2.18. The number of ether oxygens (including phenoxy) is 4. The summed E-state index contributed by atoms with van der Waals surface area (Å²) < 4.78 is 20.9. The Kier molecular flexibility index (Phi) is 11.3. The Morgan fingerprint density at radius 3 is 1.15 bits per heavy atom. The van der Waals surface area contributed by atoms with E-state index < -0.39 is 0 Å². The van der Waals surface area contributed by atoms with Crippen molar-refractivity contribution >= 4 is 36.0 Å². The van der Waals surface area contributed by atoms with E-state index in [2.05, 4.69) is 57.8 Å². The SMILES string of the molecule is COc1cc(OC)nc(SC(C=NN=CC(Sc2nc(OC)cc(OC)n2)C(C)C)C(C)C)n1. The van der Waals surface area contributed by atoms with E-state index in [1.54, 1.807) is 53.0 Å². The van der Waals surface area contributed by atoms with E-state index in [0.717, 1.165) is 0 Å². The summed E-state index contributed by atoms with van der Waals surface area (Å²) in [6.07, 6.45) is 3.60. The molecule has 10 nitrogen and oxygen atoms in total. The molecule has 0 saturated heterocycles. The van der Waals surface area contributed by atoms with E-state index in [4.69, 9.17) is 18.9 Å². The third-order valence-electron chi connectivity index (χ3n) is 4.44. The minimum atomic E-state index is 0.00472. The van der Waals surface area contributed by atoms with Gasteiger partial charge in [0.15, 0.2) is 10.3 Å². The van der Waals surface area contributed by atoms with Gasteiger partial charge >= 0.3 is 0 Å². The van der Waals surface area contributed by atoms with Gasteiger partial charge in [-0.15, -0.1) is 0 Å². The summed E-state index contributed by atoms with van der Waals surface area (Å²) in [7, 11) is 6.23. The molecule has 12 heteroatoms. The lowest BCUT2D eigenvalue weighted by atomic mass is 10.1. The quantitative estimate of drug-likeness (QED) is 0.168. The van der Waals surface area contributed by atoms with Gasteiger partial charge in [-0.1, -0.05) is 51.2 Å². The monoisotopic (exact) mass is 508 g/mol. The fraction of sp³-hybridized carbons (Fsp3) is 0.545. The fourth-order valence-corrected chi connectivity index (χ4v) is 4.25. The largest absolute Gasteiger partial charge is 0.481 e. The molecule has 0 saturated carbocycles. The average Bonchev–Trinajstić information content (AvgIpc) is 2.83. The molecule has 0 amide bonds. The van der Waals surface area contributed by atoms with Crippen molar-refractivity contribution in [3.05, 3.63) is 12.1 Å². The minimum absolute atomic E-state index is 0.00472. The molecular weight excluding hydrogens is 476 g/mol. The van der Waals surface area contributed by atoms with Crippen LogP contribution in [0.15, 0.2) is 32.6 Å². The van der Waals surface area contributed by atoms with Crippen LogP contribution in [-0.2, 0) is 0 Å². The van der Waals surface area contributed by atoms with Crippen molar-refractivity contribution in [1.82, 2.24) is 19.9 Å². The predicted octanol–water partition coefficient (Wildman–Crippen LogP) is 4.29. The molecule has 0 bridgehead atoms.